The summed E-state index contributed by atoms with van der Waals surface area (Å²) in [5.41, 5.74) is 4.34. The molecule has 2 aliphatic rings. The van der Waals surface area contributed by atoms with Crippen LogP contribution < -0.4 is 15.8 Å². The molecule has 19 heavy (non-hydrogen) atoms. The number of nitrogens with one attached hydrogen (secondary N) is 2. The first-order valence-electron chi connectivity index (χ1n) is 4.97. The minimum absolute atomic E-state index is 0.187. The van der Waals surface area contributed by atoms with E-state index in [4.69, 9.17) is 28.9 Å². The molecule has 0 aromatic heterocycles. The zero-order valence-electron chi connectivity index (χ0n) is 9.07. The van der Waals surface area contributed by atoms with Crippen LogP contribution in [0.5, 0.6) is 0 Å². The second-order valence-electron chi connectivity index (χ2n) is 4.07. The van der Waals surface area contributed by atoms with Gasteiger partial charge in [-0.2, -0.15) is 13.1 Å². The van der Waals surface area contributed by atoms with Crippen molar-refractivity contribution in [3.05, 3.63) is 27.7 Å². The number of nitrogens with zero attached hydrogens (tertiary/aromatic N) is 1. The standard InChI is InChI=1S/C9H6Cl2N4O3S/c10-3-1-4-6(5(11)2-3)13-8(16)9(4)7(12)14-19(17,18)15-9/h1-2,15H,(H2,12,14)(H,13,16). The number of carbonyl (C=O) groups excluding carboxylic acids is 1. The van der Waals surface area contributed by atoms with E-state index in [1.165, 1.54) is 12.1 Å². The topological polar surface area (TPSA) is 114 Å². The van der Waals surface area contributed by atoms with Gasteiger partial charge in [-0.25, -0.2) is 0 Å². The SMILES string of the molecule is NC1=NS(=O)(=O)NC12C(=O)Nc1c(Cl)cc(Cl)cc12. The summed E-state index contributed by atoms with van der Waals surface area (Å²) in [5.74, 6) is -1.05. The van der Waals surface area contributed by atoms with Crippen molar-refractivity contribution in [3.8, 4) is 0 Å². The third-order valence-corrected chi connectivity index (χ3v) is 4.44. The first-order chi connectivity index (χ1) is 8.76. The number of amides is 1. The molecule has 1 unspecified atom stereocenters. The fourth-order valence-corrected chi connectivity index (χ4v) is 3.82. The van der Waals surface area contributed by atoms with Gasteiger partial charge in [-0.05, 0) is 12.1 Å². The van der Waals surface area contributed by atoms with Crippen LogP contribution in [-0.4, -0.2) is 20.2 Å². The number of nitrogens with two attached hydrogens (primary N) is 1. The van der Waals surface area contributed by atoms with Gasteiger partial charge in [0.05, 0.1) is 10.7 Å². The molecule has 1 aromatic rings. The van der Waals surface area contributed by atoms with Crippen molar-refractivity contribution in [1.29, 1.82) is 0 Å². The molecule has 1 aromatic carbocycles. The van der Waals surface area contributed by atoms with Gasteiger partial charge in [0.1, 0.15) is 5.84 Å². The molecule has 1 amide bonds. The van der Waals surface area contributed by atoms with E-state index in [2.05, 4.69) is 14.4 Å². The molecule has 2 heterocycles. The molecule has 0 aliphatic carbocycles. The zero-order valence-corrected chi connectivity index (χ0v) is 11.4. The maximum absolute atomic E-state index is 12.1. The Morgan fingerprint density at radius 2 is 2.00 bits per heavy atom. The molecule has 0 fully saturated rings. The Morgan fingerprint density at radius 1 is 1.32 bits per heavy atom. The van der Waals surface area contributed by atoms with E-state index in [-0.39, 0.29) is 27.1 Å². The van der Waals surface area contributed by atoms with Crippen LogP contribution in [-0.2, 0) is 20.5 Å². The zero-order chi connectivity index (χ0) is 14.0. The predicted octanol–water partition coefficient (Wildman–Crippen LogP) is 0.346. The highest BCUT2D eigenvalue weighted by Crippen LogP contribution is 2.44. The van der Waals surface area contributed by atoms with Crippen LogP contribution in [0.1, 0.15) is 5.56 Å². The summed E-state index contributed by atoms with van der Waals surface area (Å²) in [7, 11) is -4.02. The number of anilines is 1. The molecule has 10 heteroatoms. The molecule has 3 rings (SSSR count). The lowest BCUT2D eigenvalue weighted by atomic mass is 9.91. The summed E-state index contributed by atoms with van der Waals surface area (Å²) >= 11 is 11.8. The van der Waals surface area contributed by atoms with Gasteiger partial charge in [0.25, 0.3) is 5.91 Å². The van der Waals surface area contributed by atoms with Crippen molar-refractivity contribution >= 4 is 50.8 Å². The van der Waals surface area contributed by atoms with Gasteiger partial charge in [-0.3, -0.25) is 4.79 Å². The third kappa shape index (κ3) is 1.57. The Balaban J connectivity index is 2.34. The van der Waals surface area contributed by atoms with E-state index in [1.54, 1.807) is 0 Å². The molecule has 0 saturated carbocycles. The van der Waals surface area contributed by atoms with E-state index in [0.717, 1.165) is 0 Å². The highest BCUT2D eigenvalue weighted by Gasteiger charge is 2.57. The van der Waals surface area contributed by atoms with Crippen molar-refractivity contribution in [2.24, 2.45) is 10.1 Å². The van der Waals surface area contributed by atoms with E-state index in [9.17, 15) is 13.2 Å². The summed E-state index contributed by atoms with van der Waals surface area (Å²) in [6.07, 6.45) is 0. The fourth-order valence-electron chi connectivity index (χ4n) is 2.15. The number of carbonyl (C=O) groups is 1. The largest absolute Gasteiger partial charge is 0.384 e. The van der Waals surface area contributed by atoms with Crippen LogP contribution in [0.2, 0.25) is 10.0 Å². The van der Waals surface area contributed by atoms with Crippen molar-refractivity contribution in [1.82, 2.24) is 4.72 Å². The van der Waals surface area contributed by atoms with Gasteiger partial charge in [-0.1, -0.05) is 23.2 Å². The lowest BCUT2D eigenvalue weighted by molar-refractivity contribution is -0.119. The summed E-state index contributed by atoms with van der Waals surface area (Å²) < 4.78 is 28.4. The molecule has 0 bridgehead atoms. The normalized spacial score (nSPS) is 27.3. The van der Waals surface area contributed by atoms with Gasteiger partial charge in [0, 0.05) is 10.6 Å². The molecule has 7 nitrogen and oxygen atoms in total. The highest BCUT2D eigenvalue weighted by atomic mass is 35.5. The minimum Gasteiger partial charge on any atom is -0.384 e. The molecular weight excluding hydrogens is 315 g/mol. The second kappa shape index (κ2) is 3.60. The smallest absolute Gasteiger partial charge is 0.323 e. The first kappa shape index (κ1) is 12.7. The van der Waals surface area contributed by atoms with Crippen molar-refractivity contribution < 1.29 is 13.2 Å². The van der Waals surface area contributed by atoms with E-state index in [1.807, 2.05) is 0 Å². The summed E-state index contributed by atoms with van der Waals surface area (Å²) in [5, 5.41) is 2.91. The maximum Gasteiger partial charge on any atom is 0.323 e. The molecule has 100 valence electrons. The molecule has 4 N–H and O–H groups in total. The molecule has 1 spiro atoms. The lowest BCUT2D eigenvalue weighted by Gasteiger charge is -2.20. The van der Waals surface area contributed by atoms with Gasteiger partial charge >= 0.3 is 10.2 Å². The van der Waals surface area contributed by atoms with Gasteiger partial charge in [0.15, 0.2) is 5.54 Å². The molecular formula is C9H6Cl2N4O3S. The number of rotatable bonds is 0. The van der Waals surface area contributed by atoms with Gasteiger partial charge in [0.2, 0.25) is 0 Å². The predicted molar refractivity (Wildman–Crippen MR) is 70.4 cm³/mol. The van der Waals surface area contributed by atoms with E-state index >= 15 is 0 Å². The number of amidine groups is 1. The number of halogens is 2. The number of hydrogen-bond acceptors (Lipinski definition) is 4. The van der Waals surface area contributed by atoms with Crippen LogP contribution in [0, 0.1) is 0 Å². The Hall–Kier alpha value is -1.35. The van der Waals surface area contributed by atoms with Gasteiger partial charge < -0.3 is 11.1 Å². The van der Waals surface area contributed by atoms with Crippen LogP contribution in [0.3, 0.4) is 0 Å². The van der Waals surface area contributed by atoms with Gasteiger partial charge in [-0.15, -0.1) is 4.40 Å². The van der Waals surface area contributed by atoms with Crippen LogP contribution in [0.15, 0.2) is 16.5 Å². The summed E-state index contributed by atoms with van der Waals surface area (Å²) in [4.78, 5) is 12.1. The highest BCUT2D eigenvalue weighted by molar-refractivity contribution is 7.88. The average molecular weight is 321 g/mol. The monoisotopic (exact) mass is 320 g/mol. The fraction of sp³-hybridized carbons (Fsp3) is 0.111. The quantitative estimate of drug-likeness (QED) is 0.639. The Labute approximate surface area is 118 Å². The molecule has 2 aliphatic heterocycles. The van der Waals surface area contributed by atoms with Crippen LogP contribution in [0.4, 0.5) is 5.69 Å². The summed E-state index contributed by atoms with van der Waals surface area (Å²) in [6, 6.07) is 2.84. The maximum atomic E-state index is 12.1. The minimum atomic E-state index is -4.02. The summed E-state index contributed by atoms with van der Waals surface area (Å²) in [6.45, 7) is 0. The number of benzene rings is 1. The van der Waals surface area contributed by atoms with Crippen LogP contribution >= 0.6 is 23.2 Å². The average Bonchev–Trinajstić information content (AvgIpc) is 2.67. The molecule has 0 saturated heterocycles. The van der Waals surface area contributed by atoms with Crippen molar-refractivity contribution in [3.63, 3.8) is 0 Å². The Bertz CT molecular complexity index is 761. The third-order valence-electron chi connectivity index (χ3n) is 2.92. The Kier molecular flexibility index (Phi) is 2.40. The van der Waals surface area contributed by atoms with E-state index in [0.29, 0.717) is 0 Å². The Morgan fingerprint density at radius 3 is 2.58 bits per heavy atom. The van der Waals surface area contributed by atoms with Crippen molar-refractivity contribution in [2.45, 2.75) is 5.54 Å². The van der Waals surface area contributed by atoms with E-state index < -0.39 is 21.7 Å². The number of fused-ring (bicyclic) bond motifs is 2. The first-order valence-corrected chi connectivity index (χ1v) is 7.17. The van der Waals surface area contributed by atoms with Crippen LogP contribution in [0.25, 0.3) is 0 Å². The lowest BCUT2D eigenvalue weighted by Crippen LogP contribution is -2.53. The number of hydrogen-bond donors (Lipinski definition) is 3. The molecule has 1 atom stereocenters. The second-order valence-corrected chi connectivity index (χ2v) is 6.25. The van der Waals surface area contributed by atoms with Crippen molar-refractivity contribution in [2.75, 3.05) is 5.32 Å². The molecule has 0 radical (unpaired) electrons.